The molecule has 0 aliphatic carbocycles. The Morgan fingerprint density at radius 3 is 2.64 bits per heavy atom. The Labute approximate surface area is 153 Å². The molecule has 0 radical (unpaired) electrons. The van der Waals surface area contributed by atoms with Gasteiger partial charge in [-0.25, -0.2) is 4.79 Å². The van der Waals surface area contributed by atoms with E-state index in [0.29, 0.717) is 21.3 Å². The number of rotatable bonds is 5. The number of benzene rings is 2. The summed E-state index contributed by atoms with van der Waals surface area (Å²) in [4.78, 5) is 27.3. The number of nitrogens with one attached hydrogen (secondary N) is 1. The van der Waals surface area contributed by atoms with Gasteiger partial charge in [0.25, 0.3) is 0 Å². The number of H-pyrrole nitrogens is 1. The molecule has 0 aliphatic rings. The van der Waals surface area contributed by atoms with Crippen molar-refractivity contribution in [2.45, 2.75) is 6.92 Å². The number of esters is 1. The van der Waals surface area contributed by atoms with Crippen LogP contribution in [-0.2, 0) is 4.74 Å². The number of ketones is 1. The lowest BCUT2D eigenvalue weighted by atomic mass is 10.1. The van der Waals surface area contributed by atoms with Crippen molar-refractivity contribution in [3.63, 3.8) is 0 Å². The van der Waals surface area contributed by atoms with Crippen molar-refractivity contribution in [3.05, 3.63) is 63.8 Å². The summed E-state index contributed by atoms with van der Waals surface area (Å²) in [7, 11) is 1.32. The third-order valence-corrected chi connectivity index (χ3v) is 4.50. The molecule has 0 fully saturated rings. The number of aryl methyl sites for hydroxylation is 1. The van der Waals surface area contributed by atoms with Crippen molar-refractivity contribution in [2.75, 3.05) is 13.7 Å². The number of ether oxygens (including phenoxy) is 2. The minimum Gasteiger partial charge on any atom is -0.484 e. The summed E-state index contributed by atoms with van der Waals surface area (Å²) in [6, 6.07) is 12.5. The molecule has 1 heterocycles. The molecule has 3 aromatic rings. The van der Waals surface area contributed by atoms with Crippen LogP contribution < -0.4 is 4.74 Å². The Morgan fingerprint density at radius 2 is 1.92 bits per heavy atom. The summed E-state index contributed by atoms with van der Waals surface area (Å²) in [5.74, 6) is -0.0601. The second-order valence-corrected chi connectivity index (χ2v) is 6.37. The van der Waals surface area contributed by atoms with Crippen molar-refractivity contribution in [3.8, 4) is 5.75 Å². The Kier molecular flexibility index (Phi) is 4.90. The number of aromatic nitrogens is 1. The minimum atomic E-state index is -0.433. The maximum absolute atomic E-state index is 12.6. The van der Waals surface area contributed by atoms with Gasteiger partial charge in [0.15, 0.2) is 6.61 Å². The minimum absolute atomic E-state index is 0.0984. The van der Waals surface area contributed by atoms with Crippen LogP contribution in [0.15, 0.2) is 46.9 Å². The van der Waals surface area contributed by atoms with Crippen LogP contribution in [0.5, 0.6) is 5.75 Å². The van der Waals surface area contributed by atoms with E-state index >= 15 is 0 Å². The van der Waals surface area contributed by atoms with Crippen molar-refractivity contribution < 1.29 is 19.1 Å². The van der Waals surface area contributed by atoms with E-state index in [1.165, 1.54) is 7.11 Å². The molecule has 2 aromatic carbocycles. The number of hydrogen-bond donors (Lipinski definition) is 1. The van der Waals surface area contributed by atoms with E-state index in [1.807, 2.05) is 31.2 Å². The third-order valence-electron chi connectivity index (χ3n) is 3.88. The van der Waals surface area contributed by atoms with E-state index in [-0.39, 0.29) is 12.4 Å². The molecule has 0 unspecified atom stereocenters. The first kappa shape index (κ1) is 17.2. The summed E-state index contributed by atoms with van der Waals surface area (Å²) in [5, 5.41) is 0.883. The monoisotopic (exact) mass is 401 g/mol. The van der Waals surface area contributed by atoms with Gasteiger partial charge in [-0.1, -0.05) is 18.2 Å². The number of methoxy groups -OCH3 is 1. The van der Waals surface area contributed by atoms with Gasteiger partial charge in [0.05, 0.1) is 17.1 Å². The lowest BCUT2D eigenvalue weighted by Gasteiger charge is -2.09. The first-order chi connectivity index (χ1) is 12.0. The highest BCUT2D eigenvalue weighted by Crippen LogP contribution is 2.27. The number of carbonyl (C=O) groups is 2. The van der Waals surface area contributed by atoms with Gasteiger partial charge in [-0.3, -0.25) is 4.79 Å². The first-order valence-corrected chi connectivity index (χ1v) is 8.41. The molecule has 0 saturated carbocycles. The van der Waals surface area contributed by atoms with E-state index < -0.39 is 5.97 Å². The smallest absolute Gasteiger partial charge is 0.337 e. The van der Waals surface area contributed by atoms with Crippen LogP contribution in [0, 0.1) is 6.92 Å². The maximum atomic E-state index is 12.6. The molecule has 25 heavy (non-hydrogen) atoms. The number of carbonyl (C=O) groups excluding carboxylic acids is 2. The topological polar surface area (TPSA) is 68.4 Å². The molecule has 0 atom stereocenters. The highest BCUT2D eigenvalue weighted by atomic mass is 79.9. The zero-order chi connectivity index (χ0) is 18.0. The maximum Gasteiger partial charge on any atom is 0.337 e. The zero-order valence-corrected chi connectivity index (χ0v) is 15.3. The predicted molar refractivity (Wildman–Crippen MR) is 98.3 cm³/mol. The SMILES string of the molecule is COC(=O)c1ccc(OCC(=O)c2c(C)[nH]c3ccccc23)c(Br)c1. The van der Waals surface area contributed by atoms with Crippen LogP contribution in [-0.4, -0.2) is 30.5 Å². The van der Waals surface area contributed by atoms with Crippen LogP contribution in [0.2, 0.25) is 0 Å². The van der Waals surface area contributed by atoms with Gasteiger partial charge in [0.1, 0.15) is 5.75 Å². The number of para-hydroxylation sites is 1. The summed E-state index contributed by atoms with van der Waals surface area (Å²) in [5.41, 5.74) is 2.78. The van der Waals surface area contributed by atoms with Crippen LogP contribution in [0.3, 0.4) is 0 Å². The fraction of sp³-hybridized carbons (Fsp3) is 0.158. The van der Waals surface area contributed by atoms with Gasteiger partial charge in [-0.2, -0.15) is 0 Å². The summed E-state index contributed by atoms with van der Waals surface area (Å²) in [6.07, 6.45) is 0. The lowest BCUT2D eigenvalue weighted by molar-refractivity contribution is 0.0600. The Morgan fingerprint density at radius 1 is 1.16 bits per heavy atom. The molecule has 5 nitrogen and oxygen atoms in total. The van der Waals surface area contributed by atoms with E-state index in [9.17, 15) is 9.59 Å². The number of hydrogen-bond acceptors (Lipinski definition) is 4. The quantitative estimate of drug-likeness (QED) is 0.511. The molecule has 0 bridgehead atoms. The Bertz CT molecular complexity index is 961. The van der Waals surface area contributed by atoms with Crippen LogP contribution >= 0.6 is 15.9 Å². The van der Waals surface area contributed by atoms with Gasteiger partial charge < -0.3 is 14.5 Å². The number of Topliss-reactive ketones (excluding diaryl/α,β-unsaturated/α-hetero) is 1. The largest absolute Gasteiger partial charge is 0.484 e. The fourth-order valence-electron chi connectivity index (χ4n) is 2.71. The van der Waals surface area contributed by atoms with Gasteiger partial charge in [-0.05, 0) is 47.1 Å². The lowest BCUT2D eigenvalue weighted by Crippen LogP contribution is -2.13. The third kappa shape index (κ3) is 3.44. The van der Waals surface area contributed by atoms with Gasteiger partial charge in [0.2, 0.25) is 5.78 Å². The average Bonchev–Trinajstić information content (AvgIpc) is 2.95. The second-order valence-electron chi connectivity index (χ2n) is 5.52. The van der Waals surface area contributed by atoms with Crippen molar-refractivity contribution in [1.29, 1.82) is 0 Å². The van der Waals surface area contributed by atoms with E-state index in [0.717, 1.165) is 16.6 Å². The summed E-state index contributed by atoms with van der Waals surface area (Å²) < 4.78 is 10.9. The molecule has 0 spiro atoms. The molecule has 1 aromatic heterocycles. The van der Waals surface area contributed by atoms with Crippen LogP contribution in [0.25, 0.3) is 10.9 Å². The van der Waals surface area contributed by atoms with E-state index in [1.54, 1.807) is 18.2 Å². The van der Waals surface area contributed by atoms with Crippen molar-refractivity contribution in [1.82, 2.24) is 4.98 Å². The van der Waals surface area contributed by atoms with E-state index in [2.05, 4.69) is 25.7 Å². The number of aromatic amines is 1. The molecule has 128 valence electrons. The van der Waals surface area contributed by atoms with E-state index in [4.69, 9.17) is 4.74 Å². The first-order valence-electron chi connectivity index (χ1n) is 7.62. The molecule has 0 saturated heterocycles. The molecule has 3 rings (SSSR count). The Hall–Kier alpha value is -2.60. The molecule has 0 amide bonds. The molecular weight excluding hydrogens is 386 g/mol. The highest BCUT2D eigenvalue weighted by Gasteiger charge is 2.17. The van der Waals surface area contributed by atoms with Crippen molar-refractivity contribution >= 4 is 38.6 Å². The van der Waals surface area contributed by atoms with Gasteiger partial charge in [-0.15, -0.1) is 0 Å². The average molecular weight is 402 g/mol. The molecule has 6 heteroatoms. The van der Waals surface area contributed by atoms with Gasteiger partial charge in [0, 0.05) is 22.2 Å². The van der Waals surface area contributed by atoms with Crippen LogP contribution in [0.4, 0.5) is 0 Å². The predicted octanol–water partition coefficient (Wildman–Crippen LogP) is 4.29. The fourth-order valence-corrected chi connectivity index (χ4v) is 3.21. The molecule has 0 aliphatic heterocycles. The molecular formula is C19H16BrNO4. The second kappa shape index (κ2) is 7.11. The van der Waals surface area contributed by atoms with Crippen molar-refractivity contribution in [2.24, 2.45) is 0 Å². The normalized spacial score (nSPS) is 10.7. The van der Waals surface area contributed by atoms with Crippen LogP contribution in [0.1, 0.15) is 26.4 Å². The standard InChI is InChI=1S/C19H16BrNO4/c1-11-18(13-5-3-4-6-15(13)21-11)16(22)10-25-17-8-7-12(9-14(17)20)19(23)24-2/h3-9,21H,10H2,1-2H3. The number of halogens is 1. The number of fused-ring (bicyclic) bond motifs is 1. The summed E-state index contributed by atoms with van der Waals surface area (Å²) in [6.45, 7) is 1.77. The van der Waals surface area contributed by atoms with Gasteiger partial charge >= 0.3 is 5.97 Å². The molecule has 1 N–H and O–H groups in total. The highest BCUT2D eigenvalue weighted by molar-refractivity contribution is 9.10. The zero-order valence-electron chi connectivity index (χ0n) is 13.8. The Balaban J connectivity index is 1.78. The summed E-state index contributed by atoms with van der Waals surface area (Å²) >= 11 is 3.35.